The van der Waals surface area contributed by atoms with Crippen LogP contribution in [0.25, 0.3) is 0 Å². The summed E-state index contributed by atoms with van der Waals surface area (Å²) in [6, 6.07) is 26.4. The third-order valence-electron chi connectivity index (χ3n) is 11.7. The minimum Gasteiger partial charge on any atom is -0.481 e. The van der Waals surface area contributed by atoms with Gasteiger partial charge in [-0.3, -0.25) is 38.6 Å². The molecule has 0 heterocycles. The Morgan fingerprint density at radius 2 is 0.750 bits per heavy atom. The van der Waals surface area contributed by atoms with Gasteiger partial charge in [0.15, 0.2) is 23.1 Å². The summed E-state index contributed by atoms with van der Waals surface area (Å²) in [6.45, 7) is 11.9. The lowest BCUT2D eigenvalue weighted by Gasteiger charge is -2.34. The molecule has 4 aromatic rings. The van der Waals surface area contributed by atoms with Gasteiger partial charge in [0.2, 0.25) is 0 Å². The Balaban J connectivity index is 1.74. The minimum absolute atomic E-state index is 0.00575. The van der Waals surface area contributed by atoms with Gasteiger partial charge in [-0.15, -0.1) is 0 Å². The molecular weight excluding hydrogens is 869 g/mol. The number of nitrogens with zero attached hydrogens (tertiary/aromatic N) is 2. The Morgan fingerprint density at radius 3 is 1.03 bits per heavy atom. The Morgan fingerprint density at radius 1 is 0.471 bits per heavy atom. The van der Waals surface area contributed by atoms with Crippen molar-refractivity contribution in [2.45, 2.75) is 128 Å². The van der Waals surface area contributed by atoms with Gasteiger partial charge in [-0.1, -0.05) is 97.1 Å². The zero-order chi connectivity index (χ0) is 50.9. The number of benzene rings is 4. The molecule has 0 aromatic heterocycles. The van der Waals surface area contributed by atoms with E-state index in [1.807, 2.05) is 23.9 Å². The lowest BCUT2D eigenvalue weighted by molar-refractivity contribution is -0.151. The highest BCUT2D eigenvalue weighted by Gasteiger charge is 2.32. The second kappa shape index (κ2) is 22.6. The second-order valence-electron chi connectivity index (χ2n) is 19.8. The van der Waals surface area contributed by atoms with E-state index in [1.54, 1.807) is 97.1 Å². The van der Waals surface area contributed by atoms with Crippen LogP contribution in [-0.2, 0) is 14.3 Å². The van der Waals surface area contributed by atoms with E-state index in [1.165, 1.54) is 55.4 Å². The summed E-state index contributed by atoms with van der Waals surface area (Å²) < 4.78 is 6.19. The average Bonchev–Trinajstić information content (AvgIpc) is 3.26. The molecule has 0 aliphatic heterocycles. The van der Waals surface area contributed by atoms with E-state index in [4.69, 9.17) is 9.84 Å². The van der Waals surface area contributed by atoms with Crippen molar-refractivity contribution >= 4 is 35.1 Å². The molecule has 5 N–H and O–H groups in total. The fraction of sp³-hybridized carbons (Fsp3) is 0.444. The van der Waals surface area contributed by atoms with Crippen LogP contribution in [0.15, 0.2) is 97.1 Å². The molecular formula is C54H68N2O12. The van der Waals surface area contributed by atoms with Crippen LogP contribution >= 0.6 is 0 Å². The molecule has 0 aliphatic rings. The van der Waals surface area contributed by atoms with Crippen molar-refractivity contribution in [3.05, 3.63) is 142 Å². The number of ketones is 4. The Kier molecular flexibility index (Phi) is 18.2. The average molecular weight is 937 g/mol. The second-order valence-corrected chi connectivity index (χ2v) is 19.8. The van der Waals surface area contributed by atoms with Crippen molar-refractivity contribution in [2.24, 2.45) is 0 Å². The third-order valence-corrected chi connectivity index (χ3v) is 11.7. The number of hydrogen-bond donors (Lipinski definition) is 5. The normalized spacial score (nSPS) is 13.0. The van der Waals surface area contributed by atoms with Gasteiger partial charge >= 0.3 is 11.9 Å². The molecule has 366 valence electrons. The predicted molar refractivity (Wildman–Crippen MR) is 258 cm³/mol. The molecule has 1 unspecified atom stereocenters. The number of Topliss-reactive ketones (excluding diaryl/α,β-unsaturated/α-hetero) is 4. The largest absolute Gasteiger partial charge is 0.481 e. The quantitative estimate of drug-likeness (QED) is 0.0252. The van der Waals surface area contributed by atoms with E-state index in [0.29, 0.717) is 48.1 Å². The van der Waals surface area contributed by atoms with Crippen molar-refractivity contribution < 1.29 is 59.0 Å². The fourth-order valence-corrected chi connectivity index (χ4v) is 7.96. The number of carbonyl (C=O) groups is 6. The lowest BCUT2D eigenvalue weighted by Crippen LogP contribution is -2.38. The molecule has 0 saturated heterocycles. The molecule has 0 amide bonds. The van der Waals surface area contributed by atoms with Crippen LogP contribution in [-0.4, -0.2) is 126 Å². The number of rotatable bonds is 25. The summed E-state index contributed by atoms with van der Waals surface area (Å²) >= 11 is 0. The molecule has 4 aromatic carbocycles. The smallest absolute Gasteiger partial charge is 0.306 e. The first-order chi connectivity index (χ1) is 31.5. The van der Waals surface area contributed by atoms with E-state index < -0.39 is 75.7 Å². The van der Waals surface area contributed by atoms with Gasteiger partial charge in [0.25, 0.3) is 0 Å². The number of likely N-dealkylation sites (N-methyl/N-ethyl adjacent to an activating group) is 1. The van der Waals surface area contributed by atoms with Gasteiger partial charge in [-0.05, 0) is 111 Å². The molecule has 14 nitrogen and oxygen atoms in total. The van der Waals surface area contributed by atoms with Crippen LogP contribution in [0.3, 0.4) is 0 Å². The summed E-state index contributed by atoms with van der Waals surface area (Å²) in [5, 5.41) is 50.8. The number of unbranched alkanes of at least 4 members (excludes halogenated alkanes) is 1. The highest BCUT2D eigenvalue weighted by Crippen LogP contribution is 2.33. The summed E-state index contributed by atoms with van der Waals surface area (Å²) in [4.78, 5) is 80.6. The summed E-state index contributed by atoms with van der Waals surface area (Å²) in [7, 11) is 3.74. The van der Waals surface area contributed by atoms with E-state index in [2.05, 4.69) is 0 Å². The standard InChI is InChI=1S/C54H68N2O12/c1-51(2,64)47(60)38-23-15-34(16-24-38)45(35-17-25-39(26-18-35)48(61)52(3,4)65)55(9)32-31-42(68-44(59)14-12-11-13-43(57)58)33-56(10)46(36-19-27-40(28-20-36)49(62)53(5,6)66)37-21-29-41(30-22-37)50(63)54(7,8)67/h15-30,42,45-46,64-67H,11-14,31-33H2,1-10H3,(H,57,58). The number of carbonyl (C=O) groups excluding carboxylic acids is 5. The van der Waals surface area contributed by atoms with E-state index in [9.17, 15) is 49.2 Å². The highest BCUT2D eigenvalue weighted by atomic mass is 16.5. The van der Waals surface area contributed by atoms with Gasteiger partial charge in [-0.2, -0.15) is 0 Å². The number of carboxylic acid groups (broad SMARTS) is 1. The van der Waals surface area contributed by atoms with Gasteiger partial charge in [0.05, 0.1) is 12.1 Å². The summed E-state index contributed by atoms with van der Waals surface area (Å²) in [6.07, 6.45) is 0.0691. The zero-order valence-electron chi connectivity index (χ0n) is 40.9. The number of ether oxygens (including phenoxy) is 1. The topological polar surface area (TPSA) is 219 Å². The van der Waals surface area contributed by atoms with Crippen LogP contribution in [0, 0.1) is 0 Å². The van der Waals surface area contributed by atoms with Crippen molar-refractivity contribution in [1.29, 1.82) is 0 Å². The Labute approximate surface area is 399 Å². The lowest BCUT2D eigenvalue weighted by atomic mass is 9.90. The molecule has 0 spiro atoms. The van der Waals surface area contributed by atoms with E-state index in [-0.39, 0.29) is 19.4 Å². The van der Waals surface area contributed by atoms with Gasteiger partial charge in [0.1, 0.15) is 28.5 Å². The maximum absolute atomic E-state index is 13.5. The Hall–Kier alpha value is -5.74. The van der Waals surface area contributed by atoms with Gasteiger partial charge < -0.3 is 30.3 Å². The van der Waals surface area contributed by atoms with Gasteiger partial charge in [0, 0.05) is 48.2 Å². The van der Waals surface area contributed by atoms with Crippen molar-refractivity contribution in [2.75, 3.05) is 27.2 Å². The van der Waals surface area contributed by atoms with Crippen molar-refractivity contribution in [3.8, 4) is 0 Å². The molecule has 0 saturated carbocycles. The van der Waals surface area contributed by atoms with Crippen LogP contribution in [0.1, 0.15) is 163 Å². The zero-order valence-corrected chi connectivity index (χ0v) is 40.9. The molecule has 14 heteroatoms. The van der Waals surface area contributed by atoms with Crippen LogP contribution < -0.4 is 0 Å². The molecule has 0 fully saturated rings. The predicted octanol–water partition coefficient (Wildman–Crippen LogP) is 7.19. The summed E-state index contributed by atoms with van der Waals surface area (Å²) in [5.74, 6) is -3.29. The van der Waals surface area contributed by atoms with Crippen molar-refractivity contribution in [1.82, 2.24) is 9.80 Å². The molecule has 68 heavy (non-hydrogen) atoms. The highest BCUT2D eigenvalue weighted by molar-refractivity contribution is 6.03. The first-order valence-corrected chi connectivity index (χ1v) is 22.8. The molecule has 1 atom stereocenters. The SMILES string of the molecule is CN(CCC(CN(C)C(c1ccc(C(=O)C(C)(C)O)cc1)c1ccc(C(=O)C(C)(C)O)cc1)OC(=O)CCCCC(=O)O)C(c1ccc(C(=O)C(C)(C)O)cc1)c1ccc(C(=O)C(C)(C)O)cc1. The molecule has 0 aliphatic carbocycles. The third kappa shape index (κ3) is 15.1. The van der Waals surface area contributed by atoms with E-state index >= 15 is 0 Å². The fourth-order valence-electron chi connectivity index (χ4n) is 7.96. The monoisotopic (exact) mass is 936 g/mol. The van der Waals surface area contributed by atoms with Crippen LogP contribution in [0.2, 0.25) is 0 Å². The molecule has 0 bridgehead atoms. The number of esters is 1. The number of carboxylic acids is 1. The van der Waals surface area contributed by atoms with Gasteiger partial charge in [-0.25, -0.2) is 0 Å². The summed E-state index contributed by atoms with van der Waals surface area (Å²) in [5.41, 5.74) is -2.08. The number of aliphatic carboxylic acids is 1. The first kappa shape index (κ1) is 54.9. The first-order valence-electron chi connectivity index (χ1n) is 22.8. The molecule has 0 radical (unpaired) electrons. The number of hydrogen-bond acceptors (Lipinski definition) is 13. The van der Waals surface area contributed by atoms with E-state index in [0.717, 1.165) is 22.3 Å². The Bertz CT molecular complexity index is 2240. The maximum atomic E-state index is 13.5. The van der Waals surface area contributed by atoms with Crippen molar-refractivity contribution in [3.63, 3.8) is 0 Å². The van der Waals surface area contributed by atoms with Crippen LogP contribution in [0.4, 0.5) is 0 Å². The maximum Gasteiger partial charge on any atom is 0.306 e. The number of aliphatic hydroxyl groups is 4. The minimum atomic E-state index is -1.60. The molecule has 4 rings (SSSR count). The van der Waals surface area contributed by atoms with Crippen LogP contribution in [0.5, 0.6) is 0 Å².